The van der Waals surface area contributed by atoms with Crippen molar-refractivity contribution in [3.63, 3.8) is 0 Å². The van der Waals surface area contributed by atoms with Gasteiger partial charge in [-0.25, -0.2) is 4.98 Å². The predicted molar refractivity (Wildman–Crippen MR) is 125 cm³/mol. The molecule has 2 heterocycles. The molecule has 2 aromatic carbocycles. The van der Waals surface area contributed by atoms with Gasteiger partial charge in [-0.15, -0.1) is 11.3 Å². The lowest BCUT2D eigenvalue weighted by Crippen LogP contribution is -2.28. The standard InChI is InChI=1S/C24H23N3O3S/c1-4-30-18-10-8-17(9-11-18)19-13-31-23-22(19)24(29)27(14-25-23)12-21(28)26-20-7-5-6-15(2)16(20)3/h5-11,13-14H,4,12H2,1-3H3,(H,26,28). The number of aryl methyl sites for hydroxylation is 1. The summed E-state index contributed by atoms with van der Waals surface area (Å²) >= 11 is 1.41. The summed E-state index contributed by atoms with van der Waals surface area (Å²) in [6, 6.07) is 13.4. The lowest BCUT2D eigenvalue weighted by Gasteiger charge is -2.11. The molecule has 0 aliphatic carbocycles. The molecule has 0 bridgehead atoms. The number of benzene rings is 2. The highest BCUT2D eigenvalue weighted by Gasteiger charge is 2.15. The first-order valence-corrected chi connectivity index (χ1v) is 10.9. The summed E-state index contributed by atoms with van der Waals surface area (Å²) in [6.45, 7) is 6.38. The Morgan fingerprint density at radius 1 is 1.16 bits per heavy atom. The van der Waals surface area contributed by atoms with Crippen LogP contribution in [0.15, 0.2) is 59.0 Å². The van der Waals surface area contributed by atoms with Gasteiger partial charge < -0.3 is 10.1 Å². The van der Waals surface area contributed by atoms with Crippen LogP contribution in [0.3, 0.4) is 0 Å². The summed E-state index contributed by atoms with van der Waals surface area (Å²) in [7, 11) is 0. The van der Waals surface area contributed by atoms with Gasteiger partial charge in [0.15, 0.2) is 0 Å². The number of nitrogens with zero attached hydrogens (tertiary/aromatic N) is 2. The van der Waals surface area contributed by atoms with Crippen LogP contribution >= 0.6 is 11.3 Å². The number of fused-ring (bicyclic) bond motifs is 1. The van der Waals surface area contributed by atoms with E-state index in [4.69, 9.17) is 4.74 Å². The van der Waals surface area contributed by atoms with Crippen LogP contribution in [-0.4, -0.2) is 22.1 Å². The van der Waals surface area contributed by atoms with E-state index in [1.807, 2.05) is 68.6 Å². The van der Waals surface area contributed by atoms with E-state index >= 15 is 0 Å². The van der Waals surface area contributed by atoms with Crippen LogP contribution in [0.4, 0.5) is 5.69 Å². The van der Waals surface area contributed by atoms with Gasteiger partial charge in [-0.1, -0.05) is 24.3 Å². The second-order valence-electron chi connectivity index (χ2n) is 7.26. The summed E-state index contributed by atoms with van der Waals surface area (Å²) in [5, 5.41) is 5.35. The first-order chi connectivity index (χ1) is 15.0. The molecule has 7 heteroatoms. The number of hydrogen-bond acceptors (Lipinski definition) is 5. The van der Waals surface area contributed by atoms with E-state index in [-0.39, 0.29) is 18.0 Å². The van der Waals surface area contributed by atoms with Crippen molar-refractivity contribution in [1.82, 2.24) is 9.55 Å². The molecule has 0 aliphatic rings. The molecule has 1 amide bonds. The summed E-state index contributed by atoms with van der Waals surface area (Å²) in [5.74, 6) is 0.513. The molecule has 0 radical (unpaired) electrons. The molecular formula is C24H23N3O3S. The number of rotatable bonds is 6. The first kappa shape index (κ1) is 20.8. The van der Waals surface area contributed by atoms with E-state index < -0.39 is 0 Å². The number of nitrogens with one attached hydrogen (secondary N) is 1. The van der Waals surface area contributed by atoms with Gasteiger partial charge in [0.05, 0.1) is 18.3 Å². The molecule has 0 unspecified atom stereocenters. The fourth-order valence-electron chi connectivity index (χ4n) is 3.42. The third kappa shape index (κ3) is 4.22. The lowest BCUT2D eigenvalue weighted by molar-refractivity contribution is -0.116. The van der Waals surface area contributed by atoms with Gasteiger partial charge in [-0.3, -0.25) is 14.2 Å². The zero-order valence-corrected chi connectivity index (χ0v) is 18.5. The lowest BCUT2D eigenvalue weighted by atomic mass is 10.1. The van der Waals surface area contributed by atoms with E-state index in [1.165, 1.54) is 22.2 Å². The quantitative estimate of drug-likeness (QED) is 0.475. The molecule has 0 saturated carbocycles. The molecule has 4 aromatic rings. The average molecular weight is 434 g/mol. The highest BCUT2D eigenvalue weighted by Crippen LogP contribution is 2.31. The number of thiophene rings is 1. The Morgan fingerprint density at radius 2 is 1.94 bits per heavy atom. The van der Waals surface area contributed by atoms with Crippen LogP contribution in [-0.2, 0) is 11.3 Å². The maximum Gasteiger partial charge on any atom is 0.263 e. The highest BCUT2D eigenvalue weighted by atomic mass is 32.1. The molecule has 31 heavy (non-hydrogen) atoms. The highest BCUT2D eigenvalue weighted by molar-refractivity contribution is 7.17. The zero-order chi connectivity index (χ0) is 22.0. The van der Waals surface area contributed by atoms with Crippen LogP contribution in [0.1, 0.15) is 18.1 Å². The van der Waals surface area contributed by atoms with E-state index in [0.29, 0.717) is 16.8 Å². The second-order valence-corrected chi connectivity index (χ2v) is 8.12. The number of ether oxygens (including phenoxy) is 1. The van der Waals surface area contributed by atoms with Crippen molar-refractivity contribution in [2.24, 2.45) is 0 Å². The van der Waals surface area contributed by atoms with Gasteiger partial charge in [0, 0.05) is 16.6 Å². The topological polar surface area (TPSA) is 73.2 Å². The van der Waals surface area contributed by atoms with Gasteiger partial charge in [0.1, 0.15) is 17.1 Å². The number of carbonyl (C=O) groups is 1. The van der Waals surface area contributed by atoms with Crippen LogP contribution in [0.2, 0.25) is 0 Å². The number of aromatic nitrogens is 2. The third-order valence-electron chi connectivity index (χ3n) is 5.23. The van der Waals surface area contributed by atoms with E-state index in [1.54, 1.807) is 0 Å². The molecule has 0 saturated heterocycles. The average Bonchev–Trinajstić information content (AvgIpc) is 3.19. The Labute approximate surface area is 184 Å². The number of carbonyl (C=O) groups excluding carboxylic acids is 1. The van der Waals surface area contributed by atoms with Crippen LogP contribution in [0.5, 0.6) is 5.75 Å². The maximum absolute atomic E-state index is 13.2. The minimum Gasteiger partial charge on any atom is -0.494 e. The first-order valence-electron chi connectivity index (χ1n) is 10.0. The monoisotopic (exact) mass is 433 g/mol. The van der Waals surface area contributed by atoms with Crippen molar-refractivity contribution in [3.05, 3.63) is 75.7 Å². The van der Waals surface area contributed by atoms with Crippen molar-refractivity contribution in [3.8, 4) is 16.9 Å². The van der Waals surface area contributed by atoms with Gasteiger partial charge in [0.2, 0.25) is 5.91 Å². The molecule has 0 aliphatic heterocycles. The van der Waals surface area contributed by atoms with Gasteiger partial charge >= 0.3 is 0 Å². The fourth-order valence-corrected chi connectivity index (χ4v) is 4.33. The molecule has 158 valence electrons. The van der Waals surface area contributed by atoms with Gasteiger partial charge in [-0.05, 0) is 55.7 Å². The van der Waals surface area contributed by atoms with E-state index in [2.05, 4.69) is 10.3 Å². The molecule has 0 spiro atoms. The molecule has 0 atom stereocenters. The number of anilines is 1. The predicted octanol–water partition coefficient (Wildman–Crippen LogP) is 4.78. The van der Waals surface area contributed by atoms with Crippen molar-refractivity contribution in [1.29, 1.82) is 0 Å². The van der Waals surface area contributed by atoms with Gasteiger partial charge in [-0.2, -0.15) is 0 Å². The minimum atomic E-state index is -0.269. The maximum atomic E-state index is 13.2. The Balaban J connectivity index is 1.63. The summed E-state index contributed by atoms with van der Waals surface area (Å²) < 4.78 is 6.85. The van der Waals surface area contributed by atoms with Crippen molar-refractivity contribution >= 4 is 33.1 Å². The Bertz CT molecular complexity index is 1310. The Morgan fingerprint density at radius 3 is 2.68 bits per heavy atom. The van der Waals surface area contributed by atoms with E-state index in [0.717, 1.165) is 33.7 Å². The Kier molecular flexibility index (Phi) is 5.86. The second kappa shape index (κ2) is 8.73. The number of amides is 1. The Hall–Kier alpha value is -3.45. The molecule has 1 N–H and O–H groups in total. The van der Waals surface area contributed by atoms with E-state index in [9.17, 15) is 9.59 Å². The smallest absolute Gasteiger partial charge is 0.263 e. The molecule has 6 nitrogen and oxygen atoms in total. The molecule has 0 fully saturated rings. The SMILES string of the molecule is CCOc1ccc(-c2csc3ncn(CC(=O)Nc4cccc(C)c4C)c(=O)c23)cc1. The largest absolute Gasteiger partial charge is 0.494 e. The molecular weight excluding hydrogens is 410 g/mol. The summed E-state index contributed by atoms with van der Waals surface area (Å²) in [4.78, 5) is 30.9. The van der Waals surface area contributed by atoms with Crippen molar-refractivity contribution in [2.45, 2.75) is 27.3 Å². The molecule has 4 rings (SSSR count). The van der Waals surface area contributed by atoms with Crippen LogP contribution in [0.25, 0.3) is 21.3 Å². The van der Waals surface area contributed by atoms with Crippen molar-refractivity contribution in [2.75, 3.05) is 11.9 Å². The summed E-state index contributed by atoms with van der Waals surface area (Å²) in [6.07, 6.45) is 1.44. The fraction of sp³-hybridized carbons (Fsp3) is 0.208. The third-order valence-corrected chi connectivity index (χ3v) is 6.12. The minimum absolute atomic E-state index is 0.103. The molecule has 2 aromatic heterocycles. The van der Waals surface area contributed by atoms with Crippen LogP contribution < -0.4 is 15.6 Å². The normalized spacial score (nSPS) is 10.9. The van der Waals surface area contributed by atoms with Gasteiger partial charge in [0.25, 0.3) is 5.56 Å². The zero-order valence-electron chi connectivity index (χ0n) is 17.6. The summed E-state index contributed by atoms with van der Waals surface area (Å²) in [5.41, 5.74) is 4.34. The van der Waals surface area contributed by atoms with Crippen LogP contribution in [0, 0.1) is 13.8 Å². The van der Waals surface area contributed by atoms with Crippen molar-refractivity contribution < 1.29 is 9.53 Å². The number of hydrogen-bond donors (Lipinski definition) is 1.